The highest BCUT2D eigenvalue weighted by Gasteiger charge is 2.60. The first-order chi connectivity index (χ1) is 58.0. The highest BCUT2D eigenvalue weighted by atomic mass is 16.8. The number of nitrogens with two attached hydrogens (primary N) is 1. The van der Waals surface area contributed by atoms with Crippen LogP contribution in [-0.2, 0) is 95.5 Å². The predicted molar refractivity (Wildman–Crippen MR) is 413 cm³/mol. The lowest BCUT2D eigenvalue weighted by Crippen LogP contribution is -2.68. The van der Waals surface area contributed by atoms with Gasteiger partial charge in [0, 0.05) is 107 Å². The minimum Gasteiger partial charge on any atom is -0.481 e. The van der Waals surface area contributed by atoms with Crippen molar-refractivity contribution in [1.82, 2.24) is 31.9 Å². The van der Waals surface area contributed by atoms with Gasteiger partial charge < -0.3 is 151 Å². The molecule has 0 bridgehead atoms. The number of aryl methyl sites for hydroxylation is 1. The summed E-state index contributed by atoms with van der Waals surface area (Å²) < 4.78 is 50.5. The Bertz CT molecular complexity index is 3840. The molecule has 1 aromatic heterocycles. The monoisotopic (exact) mass is 1740 g/mol. The second kappa shape index (κ2) is 51.4. The summed E-state index contributed by atoms with van der Waals surface area (Å²) in [6.07, 6.45) is -26.8. The predicted octanol–water partition coefficient (Wildman–Crippen LogP) is -4.68. The molecule has 4 aliphatic rings. The highest BCUT2D eigenvalue weighted by molar-refractivity contribution is 5.91. The number of unbranched alkanes of at least 4 members (excludes halogenated alkanes) is 4. The Morgan fingerprint density at radius 2 is 1.24 bits per heavy atom. The first-order valence-corrected chi connectivity index (χ1v) is 40.7. The molecule has 3 saturated heterocycles. The van der Waals surface area contributed by atoms with Crippen molar-refractivity contribution in [2.24, 2.45) is 23.5 Å². The van der Waals surface area contributed by atoms with E-state index in [-0.39, 0.29) is 120 Å². The van der Waals surface area contributed by atoms with Crippen molar-refractivity contribution in [2.75, 3.05) is 65.9 Å². The van der Waals surface area contributed by atoms with Crippen molar-refractivity contribution in [1.29, 1.82) is 0 Å². The zero-order valence-electron chi connectivity index (χ0n) is 67.6. The zero-order chi connectivity index (χ0) is 89.9. The Hall–Kier alpha value is -8.94. The summed E-state index contributed by atoms with van der Waals surface area (Å²) in [5.74, 6) is -16.1. The minimum absolute atomic E-state index is 0.0118. The largest absolute Gasteiger partial charge is 0.481 e. The molecule has 1 aromatic carbocycles. The lowest BCUT2D eigenvalue weighted by Gasteiger charge is -2.50. The van der Waals surface area contributed by atoms with Gasteiger partial charge in [0.1, 0.15) is 91.1 Å². The minimum atomic E-state index is -3.20. The van der Waals surface area contributed by atoms with Gasteiger partial charge in [0.05, 0.1) is 57.8 Å². The number of hydrogen-bond donors (Lipinski definition) is 21. The van der Waals surface area contributed by atoms with Gasteiger partial charge in [-0.25, -0.2) is 14.4 Å². The van der Waals surface area contributed by atoms with Crippen LogP contribution in [0.3, 0.4) is 0 Å². The molecular formula is C78H117N7O37. The number of benzene rings is 1. The summed E-state index contributed by atoms with van der Waals surface area (Å²) in [5, 5.41) is 164. The van der Waals surface area contributed by atoms with Crippen LogP contribution in [0.15, 0.2) is 33.5 Å². The summed E-state index contributed by atoms with van der Waals surface area (Å²) in [7, 11) is 0. The Morgan fingerprint density at radius 1 is 0.598 bits per heavy atom. The average Bonchev–Trinajstić information content (AvgIpc) is 0.753. The van der Waals surface area contributed by atoms with Crippen LogP contribution in [0.4, 0.5) is 0 Å². The number of aliphatic carboxylic acids is 4. The Kier molecular flexibility index (Phi) is 42.9. The van der Waals surface area contributed by atoms with Crippen molar-refractivity contribution in [2.45, 2.75) is 271 Å². The molecule has 44 nitrogen and oxygen atoms in total. The van der Waals surface area contributed by atoms with Crippen LogP contribution in [0, 0.1) is 24.7 Å². The van der Waals surface area contributed by atoms with E-state index in [9.17, 15) is 134 Å². The molecule has 122 heavy (non-hydrogen) atoms. The van der Waals surface area contributed by atoms with Crippen molar-refractivity contribution >= 4 is 87.8 Å². The normalized spacial score (nSPS) is 25.9. The third kappa shape index (κ3) is 32.6. The molecule has 1 saturated carbocycles. The van der Waals surface area contributed by atoms with Crippen LogP contribution in [0.1, 0.15) is 160 Å². The van der Waals surface area contributed by atoms with Gasteiger partial charge >= 0.3 is 29.5 Å². The number of rotatable bonds is 56. The van der Waals surface area contributed by atoms with E-state index in [4.69, 9.17) is 53.2 Å². The number of aliphatic hydroxyl groups excluding tert-OH is 10. The molecule has 0 spiro atoms. The number of amides is 7. The number of aliphatic hydroxyl groups is 10. The third-order valence-electron chi connectivity index (χ3n) is 21.4. The van der Waals surface area contributed by atoms with Crippen molar-refractivity contribution in [3.05, 3.63) is 40.2 Å². The van der Waals surface area contributed by atoms with E-state index in [1.54, 1.807) is 13.0 Å². The molecule has 44 heteroatoms. The lowest BCUT2D eigenvalue weighted by atomic mass is 9.80. The average molecular weight is 1740 g/mol. The van der Waals surface area contributed by atoms with Gasteiger partial charge in [-0.3, -0.25) is 52.7 Å². The third-order valence-corrected chi connectivity index (χ3v) is 21.4. The fraction of sp³-hybridized carbons (Fsp3) is 0.718. The number of carboxylic acid groups (broad SMARTS) is 4. The molecule has 4 heterocycles. The second-order valence-corrected chi connectivity index (χ2v) is 30.7. The molecule has 11 unspecified atom stereocenters. The van der Waals surface area contributed by atoms with Gasteiger partial charge in [0.25, 0.3) is 5.79 Å². The van der Waals surface area contributed by atoms with E-state index in [0.29, 0.717) is 81.7 Å². The second-order valence-electron chi connectivity index (χ2n) is 30.7. The maximum absolute atomic E-state index is 13.4. The van der Waals surface area contributed by atoms with E-state index in [2.05, 4.69) is 31.9 Å². The molecule has 0 radical (unpaired) electrons. The number of nitrogens with one attached hydrogen (secondary N) is 6. The summed E-state index contributed by atoms with van der Waals surface area (Å²) in [6.45, 7) is -2.12. The maximum atomic E-state index is 13.4. The lowest BCUT2D eigenvalue weighted by molar-refractivity contribution is -0.386. The molecule has 4 fully saturated rings. The van der Waals surface area contributed by atoms with Crippen LogP contribution in [0.2, 0.25) is 0 Å². The van der Waals surface area contributed by atoms with Crippen molar-refractivity contribution in [3.8, 4) is 5.75 Å². The van der Waals surface area contributed by atoms with Gasteiger partial charge in [-0.1, -0.05) is 12.8 Å². The van der Waals surface area contributed by atoms with E-state index < -0.39 is 251 Å². The number of ketones is 2. The van der Waals surface area contributed by atoms with Crippen molar-refractivity contribution in [3.63, 3.8) is 0 Å². The SMILES string of the molecule is Cc1cc(=O)oc2cc(OC3OC(CO)[C@@H](OC4OC(CO)[C@H](O)[C@H](OC5(C(=O)O)CC(O)C(CC(=O)CNC(=O)CCCCCCC(=O)NCCCC[C@H](NC(=O)COCCOCCCC(=O)C(CCC(=O)O)NC(=O)CCC(NC(=O)C6CCC(CNC(=O)CCCC(=O)O)CC6)C(=O)O)C(N)=O)C(C(O)[C@H](O)CO)O5)[C@@H]4O)[C@H](O)[C@@H]3O)ccc12. The summed E-state index contributed by atoms with van der Waals surface area (Å²) in [5.41, 5.74) is 5.55. The van der Waals surface area contributed by atoms with Crippen LogP contribution in [-0.4, -0.2) is 324 Å². The molecule has 22 N–H and O–H groups in total. The maximum Gasteiger partial charge on any atom is 0.364 e. The van der Waals surface area contributed by atoms with E-state index in [1.807, 2.05) is 0 Å². The number of carbonyl (C=O) groups is 13. The molecule has 3 aliphatic heterocycles. The standard InChI is InChI=1S/C78H117N7O37/c1-40-30-63(102)117-53-32-44(20-21-45(40)53)116-75-67(106)66(105)70(55(38-88)119-75)120-76-68(107)71(65(104)54(37-87)118-76)122-78(77(112)113)33-51(91)46(69(121-78)64(103)52(92)36-86)31-43(89)35-82-57(94)13-5-3-2-4-12-56(93)80-26-7-6-10-48(72(79)108)84-60(97)39-115-29-28-114-27-9-11-50(90)47(23-25-62(100)101)83-59(96)24-22-49(74(110)111)85-73(109)42-18-16-41(17-19-42)34-81-58(95)14-8-15-61(98)99/h20-21,30,32,41-42,46-49,51-52,54-55,64-71,75-76,86-88,91-92,103-107H,2-19,22-29,31,33-39H2,1H3,(H2,79,108)(H,80,93)(H,81,95)(H,82,94)(H,83,96)(H,84,97)(H,85,109)(H,98,99)(H,100,101)(H,110,111)(H,112,113)/t41?,42?,46?,47?,48-,49?,51?,52+,54?,55?,64?,65-,66+,67-,68-,69?,70+,71-,75?,76?,78?/m0/s1. The van der Waals surface area contributed by atoms with Gasteiger partial charge in [0.2, 0.25) is 47.6 Å². The first-order valence-electron chi connectivity index (χ1n) is 40.7. The molecule has 6 rings (SSSR count). The highest BCUT2D eigenvalue weighted by Crippen LogP contribution is 2.42. The quantitative estimate of drug-likeness (QED) is 0.0219. The number of ether oxygens (including phenoxy) is 8. The number of hydrogen-bond acceptors (Lipinski definition) is 33. The topological polar surface area (TPSA) is 707 Å². The van der Waals surface area contributed by atoms with E-state index in [0.717, 1.165) is 0 Å². The van der Waals surface area contributed by atoms with Gasteiger partial charge in [-0.15, -0.1) is 0 Å². The van der Waals surface area contributed by atoms with Gasteiger partial charge in [-0.2, -0.15) is 0 Å². The van der Waals surface area contributed by atoms with Crippen LogP contribution in [0.5, 0.6) is 5.75 Å². The molecule has 19 atom stereocenters. The van der Waals surface area contributed by atoms with Crippen LogP contribution < -0.4 is 48.0 Å². The fourth-order valence-electron chi connectivity index (χ4n) is 14.5. The summed E-state index contributed by atoms with van der Waals surface area (Å²) >= 11 is 0. The number of fused-ring (bicyclic) bond motifs is 1. The van der Waals surface area contributed by atoms with Gasteiger partial charge in [0.15, 0.2) is 17.9 Å². The molecule has 686 valence electrons. The van der Waals surface area contributed by atoms with Crippen LogP contribution >= 0.6 is 0 Å². The fourth-order valence-corrected chi connectivity index (χ4v) is 14.5. The number of primary amides is 1. The van der Waals surface area contributed by atoms with Crippen LogP contribution in [0.25, 0.3) is 11.0 Å². The van der Waals surface area contributed by atoms with Crippen molar-refractivity contribution < 1.29 is 176 Å². The summed E-state index contributed by atoms with van der Waals surface area (Å²) in [6, 6.07) is 1.85. The number of carboxylic acids is 4. The van der Waals surface area contributed by atoms with Gasteiger partial charge in [-0.05, 0) is 114 Å². The zero-order valence-corrected chi connectivity index (χ0v) is 67.6. The smallest absolute Gasteiger partial charge is 0.364 e. The Balaban J connectivity index is 0.824. The summed E-state index contributed by atoms with van der Waals surface area (Å²) in [4.78, 5) is 174. The molecular weight excluding hydrogens is 1630 g/mol. The molecule has 1 aliphatic carbocycles. The number of Topliss-reactive ketones (excluding diaryl/α,β-unsaturated/α-hetero) is 2. The molecule has 7 amide bonds. The first kappa shape index (κ1) is 102. The Morgan fingerprint density at radius 3 is 1.89 bits per heavy atom. The molecule has 2 aromatic rings. The number of carbonyl (C=O) groups excluding carboxylic acids is 9. The van der Waals surface area contributed by atoms with E-state index in [1.165, 1.54) is 18.2 Å². The Labute approximate surface area is 699 Å². The van der Waals surface area contributed by atoms with E-state index >= 15 is 0 Å².